The number of nitrogens with one attached hydrogen (secondary N) is 1. The van der Waals surface area contributed by atoms with Crippen molar-refractivity contribution in [3.05, 3.63) is 65.7 Å². The van der Waals surface area contributed by atoms with Gasteiger partial charge in [-0.2, -0.15) is 4.31 Å². The number of benzene rings is 2. The van der Waals surface area contributed by atoms with Crippen LogP contribution in [0.5, 0.6) is 0 Å². The number of carbonyl (C=O) groups excluding carboxylic acids is 1. The molecule has 0 bridgehead atoms. The Morgan fingerprint density at radius 2 is 1.69 bits per heavy atom. The van der Waals surface area contributed by atoms with Crippen LogP contribution in [0.25, 0.3) is 0 Å². The van der Waals surface area contributed by atoms with Crippen LogP contribution in [0.1, 0.15) is 29.8 Å². The van der Waals surface area contributed by atoms with Gasteiger partial charge in [0.1, 0.15) is 0 Å². The first kappa shape index (κ1) is 21.1. The van der Waals surface area contributed by atoms with Crippen LogP contribution in [0.3, 0.4) is 0 Å². The third-order valence-corrected chi connectivity index (χ3v) is 6.33. The fraction of sp³-hybridized carbons (Fsp3) is 0.318. The molecule has 1 aliphatic heterocycles. The zero-order valence-corrected chi connectivity index (χ0v) is 17.3. The van der Waals surface area contributed by atoms with E-state index in [4.69, 9.17) is 4.74 Å². The number of sulfonamides is 1. The number of amides is 1. The van der Waals surface area contributed by atoms with Gasteiger partial charge in [0, 0.05) is 24.2 Å². The van der Waals surface area contributed by atoms with E-state index in [1.54, 1.807) is 0 Å². The molecule has 29 heavy (non-hydrogen) atoms. The smallest absolute Gasteiger partial charge is 0.252 e. The predicted octanol–water partition coefficient (Wildman–Crippen LogP) is 2.27. The van der Waals surface area contributed by atoms with Crippen molar-refractivity contribution in [1.29, 1.82) is 0 Å². The van der Waals surface area contributed by atoms with Crippen molar-refractivity contribution in [2.24, 2.45) is 0 Å². The second-order valence-corrected chi connectivity index (χ2v) is 8.89. The summed E-state index contributed by atoms with van der Waals surface area (Å²) in [5, 5.41) is 2.71. The number of rotatable bonds is 4. The molecule has 1 fully saturated rings. The largest absolute Gasteiger partial charge is 0.373 e. The van der Waals surface area contributed by atoms with Crippen LogP contribution in [0.2, 0.25) is 0 Å². The summed E-state index contributed by atoms with van der Waals surface area (Å²) in [6, 6.07) is 15.5. The number of carbonyl (C=O) groups is 1. The van der Waals surface area contributed by atoms with Gasteiger partial charge < -0.3 is 10.1 Å². The predicted molar refractivity (Wildman–Crippen MR) is 111 cm³/mol. The summed E-state index contributed by atoms with van der Waals surface area (Å²) in [7, 11) is -3.62. The van der Waals surface area contributed by atoms with Crippen molar-refractivity contribution in [2.45, 2.75) is 31.0 Å². The first-order valence-corrected chi connectivity index (χ1v) is 10.9. The number of hydrogen-bond acceptors (Lipinski definition) is 4. The molecule has 1 N–H and O–H groups in total. The van der Waals surface area contributed by atoms with Gasteiger partial charge in [0.05, 0.1) is 23.6 Å². The van der Waals surface area contributed by atoms with E-state index in [0.29, 0.717) is 18.7 Å². The number of hydrogen-bond donors (Lipinski definition) is 1. The van der Waals surface area contributed by atoms with E-state index >= 15 is 0 Å². The third kappa shape index (κ3) is 5.45. The number of nitrogens with zero attached hydrogens (tertiary/aromatic N) is 1. The van der Waals surface area contributed by atoms with Crippen molar-refractivity contribution in [2.75, 3.05) is 19.6 Å². The topological polar surface area (TPSA) is 75.7 Å². The minimum absolute atomic E-state index is 0.157. The van der Waals surface area contributed by atoms with Gasteiger partial charge in [0.15, 0.2) is 0 Å². The SMILES string of the molecule is CC1CN(S(=O)(=O)c2ccc(C(=O)NCC#Cc3ccccc3)cc2)CC(C)O1. The highest BCUT2D eigenvalue weighted by Gasteiger charge is 2.32. The highest BCUT2D eigenvalue weighted by Crippen LogP contribution is 2.21. The molecule has 0 radical (unpaired) electrons. The summed E-state index contributed by atoms with van der Waals surface area (Å²) in [6.07, 6.45) is -0.314. The molecule has 1 saturated heterocycles. The fourth-order valence-corrected chi connectivity index (χ4v) is 4.74. The summed E-state index contributed by atoms with van der Waals surface area (Å²) in [5.74, 6) is 5.56. The van der Waals surface area contributed by atoms with E-state index in [9.17, 15) is 13.2 Å². The highest BCUT2D eigenvalue weighted by atomic mass is 32.2. The van der Waals surface area contributed by atoms with Gasteiger partial charge in [-0.05, 0) is 50.2 Å². The van der Waals surface area contributed by atoms with Crippen LogP contribution in [-0.4, -0.2) is 50.5 Å². The molecule has 1 aliphatic rings. The normalized spacial score (nSPS) is 19.8. The van der Waals surface area contributed by atoms with Gasteiger partial charge in [-0.1, -0.05) is 30.0 Å². The van der Waals surface area contributed by atoms with Gasteiger partial charge >= 0.3 is 0 Å². The Balaban J connectivity index is 1.62. The van der Waals surface area contributed by atoms with E-state index in [0.717, 1.165) is 5.56 Å². The molecule has 6 nitrogen and oxygen atoms in total. The second-order valence-electron chi connectivity index (χ2n) is 6.95. The van der Waals surface area contributed by atoms with Crippen molar-refractivity contribution in [1.82, 2.24) is 9.62 Å². The van der Waals surface area contributed by atoms with Crippen molar-refractivity contribution < 1.29 is 17.9 Å². The van der Waals surface area contributed by atoms with Crippen LogP contribution in [0, 0.1) is 11.8 Å². The maximum atomic E-state index is 12.9. The zero-order valence-electron chi connectivity index (χ0n) is 16.5. The van der Waals surface area contributed by atoms with E-state index in [-0.39, 0.29) is 29.6 Å². The lowest BCUT2D eigenvalue weighted by Gasteiger charge is -2.34. The van der Waals surface area contributed by atoms with Crippen LogP contribution < -0.4 is 5.32 Å². The standard InChI is InChI=1S/C22H24N2O4S/c1-17-15-24(16-18(2)28-17)29(26,27)21-12-10-20(11-13-21)22(25)23-14-6-9-19-7-4-3-5-8-19/h3-5,7-8,10-13,17-18H,14-16H2,1-2H3,(H,23,25). The van der Waals surface area contributed by atoms with Gasteiger partial charge in [0.2, 0.25) is 10.0 Å². The van der Waals surface area contributed by atoms with Crippen LogP contribution >= 0.6 is 0 Å². The van der Waals surface area contributed by atoms with Crippen molar-refractivity contribution in [3.8, 4) is 11.8 Å². The molecule has 2 atom stereocenters. The van der Waals surface area contributed by atoms with Gasteiger partial charge in [0.25, 0.3) is 5.91 Å². The van der Waals surface area contributed by atoms with Crippen molar-refractivity contribution >= 4 is 15.9 Å². The average Bonchev–Trinajstić information content (AvgIpc) is 2.71. The molecule has 2 aromatic rings. The zero-order chi connectivity index (χ0) is 20.9. The number of morpholine rings is 1. The molecule has 1 amide bonds. The summed E-state index contributed by atoms with van der Waals surface area (Å²) in [4.78, 5) is 12.4. The highest BCUT2D eigenvalue weighted by molar-refractivity contribution is 7.89. The minimum atomic E-state index is -3.62. The lowest BCUT2D eigenvalue weighted by atomic mass is 10.2. The Morgan fingerprint density at radius 1 is 1.07 bits per heavy atom. The molecule has 0 aromatic heterocycles. The molecule has 3 rings (SSSR count). The molecule has 7 heteroatoms. The first-order valence-electron chi connectivity index (χ1n) is 9.44. The molecule has 2 aromatic carbocycles. The molecule has 0 spiro atoms. The lowest BCUT2D eigenvalue weighted by Crippen LogP contribution is -2.48. The summed E-state index contributed by atoms with van der Waals surface area (Å²) < 4.78 is 32.7. The Kier molecular flexibility index (Phi) is 6.70. The van der Waals surface area contributed by atoms with Crippen LogP contribution in [0.15, 0.2) is 59.5 Å². The number of ether oxygens (including phenoxy) is 1. The quantitative estimate of drug-likeness (QED) is 0.782. The van der Waals surface area contributed by atoms with Gasteiger partial charge in [-0.25, -0.2) is 8.42 Å². The van der Waals surface area contributed by atoms with Crippen LogP contribution in [0.4, 0.5) is 0 Å². The molecule has 1 heterocycles. The first-order chi connectivity index (χ1) is 13.9. The molecule has 152 valence electrons. The maximum absolute atomic E-state index is 12.9. The maximum Gasteiger partial charge on any atom is 0.252 e. The fourth-order valence-electron chi connectivity index (χ4n) is 3.15. The average molecular weight is 413 g/mol. The van der Waals surface area contributed by atoms with E-state index in [1.807, 2.05) is 44.2 Å². The third-order valence-electron chi connectivity index (χ3n) is 4.48. The van der Waals surface area contributed by atoms with Crippen LogP contribution in [-0.2, 0) is 14.8 Å². The van der Waals surface area contributed by atoms with Gasteiger partial charge in [-0.15, -0.1) is 0 Å². The summed E-state index contributed by atoms with van der Waals surface area (Å²) in [5.41, 5.74) is 1.26. The summed E-state index contributed by atoms with van der Waals surface area (Å²) >= 11 is 0. The molecular weight excluding hydrogens is 388 g/mol. The van der Waals surface area contributed by atoms with Crippen molar-refractivity contribution in [3.63, 3.8) is 0 Å². The monoisotopic (exact) mass is 412 g/mol. The van der Waals surface area contributed by atoms with E-state index < -0.39 is 10.0 Å². The second kappa shape index (κ2) is 9.23. The van der Waals surface area contributed by atoms with E-state index in [1.165, 1.54) is 28.6 Å². The molecule has 2 unspecified atom stereocenters. The molecular formula is C22H24N2O4S. The lowest BCUT2D eigenvalue weighted by molar-refractivity contribution is -0.0440. The summed E-state index contributed by atoms with van der Waals surface area (Å²) in [6.45, 7) is 4.54. The van der Waals surface area contributed by atoms with Gasteiger partial charge in [-0.3, -0.25) is 4.79 Å². The minimum Gasteiger partial charge on any atom is -0.373 e. The molecule has 0 saturated carbocycles. The Hall–Kier alpha value is -2.66. The molecule has 0 aliphatic carbocycles. The Labute approximate surface area is 171 Å². The Morgan fingerprint density at radius 3 is 2.31 bits per heavy atom. The van der Waals surface area contributed by atoms with E-state index in [2.05, 4.69) is 17.2 Å². The Bertz CT molecular complexity index is 998.